The number of amides is 1. The molecule has 2 aromatic rings. The number of rotatable bonds is 4. The van der Waals surface area contributed by atoms with Gasteiger partial charge in [-0.05, 0) is 18.1 Å². The van der Waals surface area contributed by atoms with Crippen LogP contribution >= 0.6 is 11.3 Å². The fourth-order valence-corrected chi connectivity index (χ4v) is 2.32. The van der Waals surface area contributed by atoms with Gasteiger partial charge in [0.15, 0.2) is 0 Å². The second-order valence-electron chi connectivity index (χ2n) is 3.46. The predicted molar refractivity (Wildman–Crippen MR) is 75.1 cm³/mol. The molecule has 0 atom stereocenters. The first-order chi connectivity index (χ1) is 8.81. The van der Waals surface area contributed by atoms with E-state index in [9.17, 15) is 4.79 Å². The van der Waals surface area contributed by atoms with Gasteiger partial charge in [-0.2, -0.15) is 0 Å². The number of aromatic nitrogens is 1. The number of carbonyl (C=O) groups is 1. The van der Waals surface area contributed by atoms with E-state index in [4.69, 9.17) is 0 Å². The van der Waals surface area contributed by atoms with Crippen LogP contribution in [0, 0.1) is 19.8 Å². The van der Waals surface area contributed by atoms with Crippen LogP contribution in [0.4, 0.5) is 0 Å². The highest BCUT2D eigenvalue weighted by molar-refractivity contribution is 7.13. The van der Waals surface area contributed by atoms with E-state index in [1.807, 2.05) is 24.6 Å². The molecule has 0 aliphatic carbocycles. The molecule has 1 N–H and O–H groups in total. The van der Waals surface area contributed by atoms with Crippen LogP contribution in [0.5, 0.6) is 0 Å². The van der Waals surface area contributed by atoms with Gasteiger partial charge in [-0.3, -0.25) is 4.79 Å². The molecule has 0 aliphatic rings. The lowest BCUT2D eigenvalue weighted by atomic mass is 10.1. The molecule has 0 unspecified atom stereocenters. The Balaban J connectivity index is 0.000000771. The highest BCUT2D eigenvalue weighted by Gasteiger charge is 2.03. The largest absolute Gasteiger partial charge is 0.355 e. The summed E-state index contributed by atoms with van der Waals surface area (Å²) in [5, 5.41) is 2.64. The highest BCUT2D eigenvalue weighted by atomic mass is 32.1. The first-order valence-electron chi connectivity index (χ1n) is 5.31. The van der Waals surface area contributed by atoms with Gasteiger partial charge in [0.05, 0.1) is 16.1 Å². The standard InChI is InChI=1S/C12H12N2OS.C2H2/c1-9-12(16-8-14-9)11-4-2-10(3-5-11)6-13-7-15;1-2/h2-5,7-8H,6H2,1H3,(H,13,15);1-2H. The zero-order chi connectivity index (χ0) is 13.4. The van der Waals surface area contributed by atoms with Gasteiger partial charge in [-0.1, -0.05) is 24.3 Å². The van der Waals surface area contributed by atoms with Crippen molar-refractivity contribution in [3.8, 4) is 23.3 Å². The van der Waals surface area contributed by atoms with Gasteiger partial charge >= 0.3 is 0 Å². The number of carbonyl (C=O) groups excluding carboxylic acids is 1. The summed E-state index contributed by atoms with van der Waals surface area (Å²) in [6.07, 6.45) is 8.71. The second kappa shape index (κ2) is 7.25. The van der Waals surface area contributed by atoms with Gasteiger partial charge in [0.25, 0.3) is 0 Å². The maximum Gasteiger partial charge on any atom is 0.207 e. The van der Waals surface area contributed by atoms with E-state index >= 15 is 0 Å². The van der Waals surface area contributed by atoms with E-state index in [2.05, 4.69) is 35.3 Å². The predicted octanol–water partition coefficient (Wildman–Crippen LogP) is 2.61. The first-order valence-corrected chi connectivity index (χ1v) is 6.19. The SMILES string of the molecule is C#C.Cc1ncsc1-c1ccc(CNC=O)cc1. The van der Waals surface area contributed by atoms with Crippen LogP contribution in [-0.4, -0.2) is 11.4 Å². The molecule has 18 heavy (non-hydrogen) atoms. The third-order valence-corrected chi connectivity index (χ3v) is 3.33. The minimum absolute atomic E-state index is 0.575. The van der Waals surface area contributed by atoms with Crippen molar-refractivity contribution in [2.24, 2.45) is 0 Å². The molecule has 4 heteroatoms. The quantitative estimate of drug-likeness (QED) is 0.676. The molecule has 0 aliphatic heterocycles. The average Bonchev–Trinajstić information content (AvgIpc) is 2.86. The Labute approximate surface area is 111 Å². The summed E-state index contributed by atoms with van der Waals surface area (Å²) in [7, 11) is 0. The number of terminal acetylenes is 1. The number of benzene rings is 1. The Morgan fingerprint density at radius 1 is 1.33 bits per heavy atom. The van der Waals surface area contributed by atoms with Gasteiger partial charge < -0.3 is 5.32 Å². The van der Waals surface area contributed by atoms with E-state index in [0.29, 0.717) is 13.0 Å². The minimum Gasteiger partial charge on any atom is -0.355 e. The summed E-state index contributed by atoms with van der Waals surface area (Å²) in [4.78, 5) is 15.6. The Kier molecular flexibility index (Phi) is 5.62. The highest BCUT2D eigenvalue weighted by Crippen LogP contribution is 2.27. The van der Waals surface area contributed by atoms with Crippen LogP contribution in [0.25, 0.3) is 10.4 Å². The molecule has 0 saturated carbocycles. The lowest BCUT2D eigenvalue weighted by molar-refractivity contribution is -0.109. The maximum atomic E-state index is 10.2. The molecule has 0 bridgehead atoms. The number of hydrogen-bond donors (Lipinski definition) is 1. The van der Waals surface area contributed by atoms with E-state index in [1.165, 1.54) is 10.4 Å². The smallest absolute Gasteiger partial charge is 0.207 e. The van der Waals surface area contributed by atoms with Crippen molar-refractivity contribution in [2.75, 3.05) is 0 Å². The summed E-state index contributed by atoms with van der Waals surface area (Å²) < 4.78 is 0. The number of hydrogen-bond acceptors (Lipinski definition) is 3. The van der Waals surface area contributed by atoms with Crippen molar-refractivity contribution in [3.63, 3.8) is 0 Å². The number of nitrogens with zero attached hydrogens (tertiary/aromatic N) is 1. The van der Waals surface area contributed by atoms with Crippen LogP contribution < -0.4 is 5.32 Å². The minimum atomic E-state index is 0.575. The number of aryl methyl sites for hydroxylation is 1. The summed E-state index contributed by atoms with van der Waals surface area (Å²) in [5.41, 5.74) is 5.18. The molecule has 1 amide bonds. The summed E-state index contributed by atoms with van der Waals surface area (Å²) in [6, 6.07) is 8.15. The normalized spacial score (nSPS) is 9.06. The number of thiazole rings is 1. The average molecular weight is 258 g/mol. The van der Waals surface area contributed by atoms with E-state index in [-0.39, 0.29) is 0 Å². The molecule has 92 valence electrons. The van der Waals surface area contributed by atoms with Gasteiger partial charge in [0.2, 0.25) is 6.41 Å². The van der Waals surface area contributed by atoms with Gasteiger partial charge in [-0.25, -0.2) is 4.98 Å². The van der Waals surface area contributed by atoms with Crippen LogP contribution in [0.15, 0.2) is 29.8 Å². The van der Waals surface area contributed by atoms with Gasteiger partial charge in [-0.15, -0.1) is 24.2 Å². The molecule has 1 aromatic carbocycles. The fraction of sp³-hybridized carbons (Fsp3) is 0.143. The van der Waals surface area contributed by atoms with E-state index in [1.54, 1.807) is 11.3 Å². The lowest BCUT2D eigenvalue weighted by Gasteiger charge is -2.02. The Hall–Kier alpha value is -2.12. The van der Waals surface area contributed by atoms with Crippen molar-refractivity contribution in [3.05, 3.63) is 41.0 Å². The second-order valence-corrected chi connectivity index (χ2v) is 4.32. The molecule has 3 nitrogen and oxygen atoms in total. The summed E-state index contributed by atoms with van der Waals surface area (Å²) in [5.74, 6) is 0. The molecule has 0 fully saturated rings. The molecule has 0 spiro atoms. The van der Waals surface area contributed by atoms with Crippen LogP contribution in [0.3, 0.4) is 0 Å². The van der Waals surface area contributed by atoms with Crippen molar-refractivity contribution in [2.45, 2.75) is 13.5 Å². The van der Waals surface area contributed by atoms with E-state index < -0.39 is 0 Å². The van der Waals surface area contributed by atoms with Crippen molar-refractivity contribution in [1.29, 1.82) is 0 Å². The van der Waals surface area contributed by atoms with Crippen LogP contribution in [0.2, 0.25) is 0 Å². The molecular weight excluding hydrogens is 244 g/mol. The summed E-state index contributed by atoms with van der Waals surface area (Å²) >= 11 is 1.64. The molecule has 1 aromatic heterocycles. The van der Waals surface area contributed by atoms with Gasteiger partial charge in [0, 0.05) is 6.54 Å². The van der Waals surface area contributed by atoms with Crippen molar-refractivity contribution < 1.29 is 4.79 Å². The Morgan fingerprint density at radius 2 is 2.00 bits per heavy atom. The maximum absolute atomic E-state index is 10.2. The monoisotopic (exact) mass is 258 g/mol. The Morgan fingerprint density at radius 3 is 2.50 bits per heavy atom. The van der Waals surface area contributed by atoms with Crippen LogP contribution in [0.1, 0.15) is 11.3 Å². The molecule has 2 rings (SSSR count). The Bertz CT molecular complexity index is 514. The molecular formula is C14H14N2OS. The van der Waals surface area contributed by atoms with Crippen molar-refractivity contribution in [1.82, 2.24) is 10.3 Å². The third-order valence-electron chi connectivity index (χ3n) is 2.35. The molecule has 0 radical (unpaired) electrons. The summed E-state index contributed by atoms with van der Waals surface area (Å²) in [6.45, 7) is 2.58. The number of nitrogens with one attached hydrogen (secondary N) is 1. The third kappa shape index (κ3) is 3.44. The topological polar surface area (TPSA) is 42.0 Å². The zero-order valence-corrected chi connectivity index (χ0v) is 10.9. The van der Waals surface area contributed by atoms with E-state index in [0.717, 1.165) is 11.3 Å². The first kappa shape index (κ1) is 13.9. The lowest BCUT2D eigenvalue weighted by Crippen LogP contribution is -2.09. The molecule has 0 saturated heterocycles. The van der Waals surface area contributed by atoms with Crippen molar-refractivity contribution >= 4 is 17.7 Å². The zero-order valence-electron chi connectivity index (χ0n) is 10.1. The van der Waals surface area contributed by atoms with Crippen LogP contribution in [-0.2, 0) is 11.3 Å². The molecule has 1 heterocycles. The fourth-order valence-electron chi connectivity index (χ4n) is 1.51. The van der Waals surface area contributed by atoms with Gasteiger partial charge in [0.1, 0.15) is 0 Å².